The Morgan fingerprint density at radius 2 is 2.55 bits per heavy atom. The minimum atomic E-state index is -0.213. The van der Waals surface area contributed by atoms with Crippen LogP contribution in [0, 0.1) is 0 Å². The second kappa shape index (κ2) is 5.96. The van der Waals surface area contributed by atoms with E-state index in [4.69, 9.17) is 4.52 Å². The van der Waals surface area contributed by atoms with Crippen LogP contribution in [0.25, 0.3) is 0 Å². The second-order valence-electron chi connectivity index (χ2n) is 4.44. The molecule has 1 unspecified atom stereocenters. The number of carbonyl (C=O) groups is 1. The van der Waals surface area contributed by atoms with Crippen molar-refractivity contribution in [2.75, 3.05) is 12.3 Å². The number of thioether (sulfide) groups is 1. The van der Waals surface area contributed by atoms with Crippen molar-refractivity contribution in [3.8, 4) is 0 Å². The normalized spacial score (nSPS) is 17.5. The second-order valence-corrected chi connectivity index (χ2v) is 5.38. The number of carbonyl (C=O) groups excluding carboxylic acids is 1. The van der Waals surface area contributed by atoms with Crippen molar-refractivity contribution in [2.24, 2.45) is 0 Å². The molecule has 0 aliphatic carbocycles. The van der Waals surface area contributed by atoms with Gasteiger partial charge in [0.05, 0.1) is 6.33 Å². The molecule has 1 atom stereocenters. The molecule has 0 saturated heterocycles. The minimum Gasteiger partial charge on any atom is -0.360 e. The predicted octanol–water partition coefficient (Wildman–Crippen LogP) is 1.65. The third-order valence-corrected chi connectivity index (χ3v) is 3.93. The van der Waals surface area contributed by atoms with E-state index in [2.05, 4.69) is 21.5 Å². The van der Waals surface area contributed by atoms with Crippen LogP contribution in [-0.4, -0.2) is 32.9 Å². The lowest BCUT2D eigenvalue weighted by Crippen LogP contribution is -2.27. The highest BCUT2D eigenvalue weighted by molar-refractivity contribution is 8.02. The summed E-state index contributed by atoms with van der Waals surface area (Å²) in [5.74, 6) is 1.69. The fraction of sp³-hybridized carbons (Fsp3) is 0.308. The summed E-state index contributed by atoms with van der Waals surface area (Å²) in [6.07, 6.45) is 7.33. The maximum absolute atomic E-state index is 11.9. The minimum absolute atomic E-state index is 0.213. The van der Waals surface area contributed by atoms with E-state index in [-0.39, 0.29) is 11.8 Å². The summed E-state index contributed by atoms with van der Waals surface area (Å²) >= 11 is 1.73. The Morgan fingerprint density at radius 3 is 3.30 bits per heavy atom. The molecule has 2 aromatic rings. The Labute approximate surface area is 120 Å². The summed E-state index contributed by atoms with van der Waals surface area (Å²) in [5.41, 5.74) is 0.330. The summed E-state index contributed by atoms with van der Waals surface area (Å²) in [5, 5.41) is 8.67. The van der Waals surface area contributed by atoms with Crippen LogP contribution < -0.4 is 5.32 Å². The number of rotatable bonds is 5. The van der Waals surface area contributed by atoms with E-state index in [1.807, 2.05) is 16.2 Å². The van der Waals surface area contributed by atoms with Crippen LogP contribution in [-0.2, 0) is 6.54 Å². The Bertz CT molecular complexity index is 606. The highest BCUT2D eigenvalue weighted by Gasteiger charge is 2.19. The van der Waals surface area contributed by atoms with Crippen molar-refractivity contribution in [1.82, 2.24) is 20.0 Å². The average Bonchev–Trinajstić information content (AvgIpc) is 3.20. The van der Waals surface area contributed by atoms with Gasteiger partial charge in [0, 0.05) is 43.2 Å². The van der Waals surface area contributed by atoms with E-state index < -0.39 is 0 Å². The summed E-state index contributed by atoms with van der Waals surface area (Å²) < 4.78 is 7.13. The Kier molecular flexibility index (Phi) is 3.87. The molecule has 1 N–H and O–H groups in total. The lowest BCUT2D eigenvalue weighted by atomic mass is 10.1. The van der Waals surface area contributed by atoms with Crippen LogP contribution in [0.2, 0.25) is 0 Å². The quantitative estimate of drug-likeness (QED) is 0.906. The summed E-state index contributed by atoms with van der Waals surface area (Å²) in [7, 11) is 0. The summed E-state index contributed by atoms with van der Waals surface area (Å²) in [6, 6.07) is 1.72. The van der Waals surface area contributed by atoms with E-state index in [9.17, 15) is 4.79 Å². The van der Waals surface area contributed by atoms with Crippen molar-refractivity contribution >= 4 is 17.7 Å². The largest absolute Gasteiger partial charge is 0.360 e. The molecule has 104 valence electrons. The third kappa shape index (κ3) is 2.93. The zero-order valence-corrected chi connectivity index (χ0v) is 11.5. The molecule has 0 aromatic carbocycles. The standard InChI is InChI=1S/C13H14N4O2S/c18-13(15-3-5-17-4-2-14-9-17)11-7-12(19-16-11)10-1-6-20-8-10/h1-2,4,6-7,9-10H,3,5,8H2,(H,15,18). The molecule has 0 bridgehead atoms. The van der Waals surface area contributed by atoms with E-state index >= 15 is 0 Å². The molecule has 1 aliphatic rings. The van der Waals surface area contributed by atoms with Gasteiger partial charge in [-0.3, -0.25) is 4.79 Å². The number of allylic oxidation sites excluding steroid dienone is 1. The molecule has 0 spiro atoms. The summed E-state index contributed by atoms with van der Waals surface area (Å²) in [4.78, 5) is 15.9. The van der Waals surface area contributed by atoms with Gasteiger partial charge < -0.3 is 14.4 Å². The van der Waals surface area contributed by atoms with Gasteiger partial charge in [0.15, 0.2) is 5.69 Å². The van der Waals surface area contributed by atoms with Crippen LogP contribution in [0.3, 0.4) is 0 Å². The molecule has 0 radical (unpaired) electrons. The van der Waals surface area contributed by atoms with Crippen molar-refractivity contribution in [1.29, 1.82) is 0 Å². The van der Waals surface area contributed by atoms with Gasteiger partial charge in [-0.1, -0.05) is 11.2 Å². The van der Waals surface area contributed by atoms with Crippen LogP contribution in [0.15, 0.2) is 40.8 Å². The van der Waals surface area contributed by atoms with Gasteiger partial charge in [-0.25, -0.2) is 4.98 Å². The van der Waals surface area contributed by atoms with Crippen LogP contribution in [0.5, 0.6) is 0 Å². The molecular weight excluding hydrogens is 276 g/mol. The Balaban J connectivity index is 1.53. The molecule has 6 nitrogen and oxygen atoms in total. The van der Waals surface area contributed by atoms with E-state index in [0.29, 0.717) is 18.8 Å². The van der Waals surface area contributed by atoms with Crippen LogP contribution in [0.4, 0.5) is 0 Å². The number of hydrogen-bond acceptors (Lipinski definition) is 5. The first-order valence-electron chi connectivity index (χ1n) is 6.32. The van der Waals surface area contributed by atoms with Crippen molar-refractivity contribution < 1.29 is 9.32 Å². The monoisotopic (exact) mass is 290 g/mol. The highest BCUT2D eigenvalue weighted by Crippen LogP contribution is 2.29. The van der Waals surface area contributed by atoms with Gasteiger partial charge in [-0.15, -0.1) is 11.8 Å². The number of nitrogens with one attached hydrogen (secondary N) is 1. The van der Waals surface area contributed by atoms with E-state index in [0.717, 1.165) is 11.5 Å². The third-order valence-electron chi connectivity index (χ3n) is 3.02. The van der Waals surface area contributed by atoms with Gasteiger partial charge in [-0.2, -0.15) is 0 Å². The SMILES string of the molecule is O=C(NCCn1ccnc1)c1cc(C2C=CSC2)on1. The molecule has 3 heterocycles. The number of hydrogen-bond donors (Lipinski definition) is 1. The topological polar surface area (TPSA) is 73.0 Å². The first-order chi connectivity index (χ1) is 9.83. The first kappa shape index (κ1) is 13.0. The van der Waals surface area contributed by atoms with Gasteiger partial charge in [0.2, 0.25) is 0 Å². The number of aromatic nitrogens is 3. The molecule has 2 aromatic heterocycles. The molecule has 0 saturated carbocycles. The maximum atomic E-state index is 11.9. The van der Waals surface area contributed by atoms with Crippen molar-refractivity contribution in [3.63, 3.8) is 0 Å². The molecular formula is C13H14N4O2S. The Hall–Kier alpha value is -2.02. The fourth-order valence-corrected chi connectivity index (χ4v) is 2.82. The van der Waals surface area contributed by atoms with Gasteiger partial charge >= 0.3 is 0 Å². The van der Waals surface area contributed by atoms with Crippen LogP contribution >= 0.6 is 11.8 Å². The number of imidazole rings is 1. The van der Waals surface area contributed by atoms with Gasteiger partial charge in [0.25, 0.3) is 5.91 Å². The zero-order valence-electron chi connectivity index (χ0n) is 10.7. The molecule has 20 heavy (non-hydrogen) atoms. The molecule has 0 fully saturated rings. The molecule has 1 aliphatic heterocycles. The Morgan fingerprint density at radius 1 is 1.60 bits per heavy atom. The smallest absolute Gasteiger partial charge is 0.273 e. The van der Waals surface area contributed by atoms with Gasteiger partial charge in [0.1, 0.15) is 5.76 Å². The van der Waals surface area contributed by atoms with Crippen molar-refractivity contribution in [2.45, 2.75) is 12.5 Å². The predicted molar refractivity (Wildman–Crippen MR) is 75.4 cm³/mol. The zero-order chi connectivity index (χ0) is 13.8. The first-order valence-corrected chi connectivity index (χ1v) is 7.36. The molecule has 1 amide bonds. The summed E-state index contributed by atoms with van der Waals surface area (Å²) in [6.45, 7) is 1.20. The molecule has 3 rings (SSSR count). The van der Waals surface area contributed by atoms with Crippen LogP contribution in [0.1, 0.15) is 22.2 Å². The van der Waals surface area contributed by atoms with Crippen molar-refractivity contribution in [3.05, 3.63) is 47.7 Å². The lowest BCUT2D eigenvalue weighted by Gasteiger charge is -2.03. The van der Waals surface area contributed by atoms with E-state index in [1.54, 1.807) is 30.4 Å². The highest BCUT2D eigenvalue weighted by atomic mass is 32.2. The van der Waals surface area contributed by atoms with E-state index in [1.165, 1.54) is 0 Å². The lowest BCUT2D eigenvalue weighted by molar-refractivity contribution is 0.0943. The molecule has 7 heteroatoms. The fourth-order valence-electron chi connectivity index (χ4n) is 1.92. The van der Waals surface area contributed by atoms with Gasteiger partial charge in [-0.05, 0) is 5.41 Å². The average molecular weight is 290 g/mol. The maximum Gasteiger partial charge on any atom is 0.273 e. The number of nitrogens with zero attached hydrogens (tertiary/aromatic N) is 3. The number of amides is 1.